The number of carbonyl (C=O) groups excluding carboxylic acids is 2. The normalized spacial score (nSPS) is 15.0. The summed E-state index contributed by atoms with van der Waals surface area (Å²) in [5, 5.41) is 20.6. The summed E-state index contributed by atoms with van der Waals surface area (Å²) in [7, 11) is 0. The maximum atomic E-state index is 13.4. The molecule has 4 rings (SSSR count). The SMILES string of the molecule is O=C([O-])CCC(=O)Nc1nc2n(n1)[C@@H](c1ccc(F)cc1)C=C(c1ccccc1)N2. The number of amides is 1. The molecule has 0 spiro atoms. The molecule has 9 heteroatoms. The molecule has 30 heavy (non-hydrogen) atoms. The topological polar surface area (TPSA) is 112 Å². The average molecular weight is 406 g/mol. The Hall–Kier alpha value is -4.01. The summed E-state index contributed by atoms with van der Waals surface area (Å²) in [5.74, 6) is -1.76. The van der Waals surface area contributed by atoms with Gasteiger partial charge in [0.1, 0.15) is 11.9 Å². The molecular formula is C21H17FN5O3-. The molecule has 0 fully saturated rings. The number of aliphatic carboxylic acids is 1. The first-order valence-corrected chi connectivity index (χ1v) is 9.25. The number of benzene rings is 2. The number of carboxylic acid groups (broad SMARTS) is 1. The van der Waals surface area contributed by atoms with Crippen molar-refractivity contribution in [3.63, 3.8) is 0 Å². The Labute approximate surface area is 171 Å². The molecule has 1 aliphatic rings. The Balaban J connectivity index is 1.66. The van der Waals surface area contributed by atoms with E-state index in [1.807, 2.05) is 36.4 Å². The average Bonchev–Trinajstić information content (AvgIpc) is 3.15. The molecule has 1 aromatic heterocycles. The molecule has 1 aliphatic heterocycles. The lowest BCUT2D eigenvalue weighted by Crippen LogP contribution is -2.24. The Morgan fingerprint density at radius 3 is 2.53 bits per heavy atom. The van der Waals surface area contributed by atoms with Gasteiger partial charge in [-0.2, -0.15) is 4.98 Å². The van der Waals surface area contributed by atoms with Crippen LogP contribution in [0.1, 0.15) is 30.0 Å². The van der Waals surface area contributed by atoms with Gasteiger partial charge < -0.3 is 15.2 Å². The first-order chi connectivity index (χ1) is 14.5. The molecule has 0 radical (unpaired) electrons. The standard InChI is InChI=1S/C21H18FN5O3/c22-15-8-6-14(7-9-15)17-12-16(13-4-2-1-3-5-13)23-21-25-20(26-27(17)21)24-18(28)10-11-19(29)30/h1-9,12,17H,10-11H2,(H,29,30)(H2,23,24,25,26,28)/p-1/t17-/m1/s1. The minimum Gasteiger partial charge on any atom is -0.550 e. The van der Waals surface area contributed by atoms with Crippen molar-refractivity contribution in [2.45, 2.75) is 18.9 Å². The molecule has 2 heterocycles. The number of hydrogen-bond acceptors (Lipinski definition) is 6. The number of allylic oxidation sites excluding steroid dienone is 1. The third-order valence-corrected chi connectivity index (χ3v) is 4.57. The quantitative estimate of drug-likeness (QED) is 0.647. The number of carbonyl (C=O) groups is 2. The maximum Gasteiger partial charge on any atom is 0.250 e. The van der Waals surface area contributed by atoms with Crippen molar-refractivity contribution in [2.24, 2.45) is 0 Å². The van der Waals surface area contributed by atoms with Crippen LogP contribution in [0.25, 0.3) is 5.70 Å². The van der Waals surface area contributed by atoms with Crippen molar-refractivity contribution in [3.8, 4) is 0 Å². The van der Waals surface area contributed by atoms with Crippen LogP contribution in [0.3, 0.4) is 0 Å². The number of hydrogen-bond donors (Lipinski definition) is 2. The van der Waals surface area contributed by atoms with Crippen molar-refractivity contribution >= 4 is 29.5 Å². The highest BCUT2D eigenvalue weighted by Gasteiger charge is 2.25. The molecule has 0 saturated carbocycles. The smallest absolute Gasteiger partial charge is 0.250 e. The minimum absolute atomic E-state index is 0.0377. The van der Waals surface area contributed by atoms with Gasteiger partial charge in [-0.3, -0.25) is 10.1 Å². The minimum atomic E-state index is -1.31. The lowest BCUT2D eigenvalue weighted by Gasteiger charge is -2.24. The summed E-state index contributed by atoms with van der Waals surface area (Å²) >= 11 is 0. The molecule has 1 atom stereocenters. The Bertz CT molecular complexity index is 1110. The van der Waals surface area contributed by atoms with Crippen LogP contribution in [0.4, 0.5) is 16.3 Å². The number of carboxylic acids is 1. The van der Waals surface area contributed by atoms with Crippen LogP contribution >= 0.6 is 0 Å². The van der Waals surface area contributed by atoms with Crippen molar-refractivity contribution in [1.29, 1.82) is 0 Å². The number of nitrogens with one attached hydrogen (secondary N) is 2. The third-order valence-electron chi connectivity index (χ3n) is 4.57. The predicted molar refractivity (Wildman–Crippen MR) is 105 cm³/mol. The fourth-order valence-electron chi connectivity index (χ4n) is 3.13. The first kappa shape index (κ1) is 19.3. The van der Waals surface area contributed by atoms with Crippen LogP contribution in [-0.2, 0) is 9.59 Å². The summed E-state index contributed by atoms with van der Waals surface area (Å²) < 4.78 is 15.0. The number of aromatic nitrogens is 3. The predicted octanol–water partition coefficient (Wildman–Crippen LogP) is 1.94. The van der Waals surface area contributed by atoms with Gasteiger partial charge in [0.05, 0.1) is 0 Å². The Kier molecular flexibility index (Phi) is 5.25. The summed E-state index contributed by atoms with van der Waals surface area (Å²) in [6.07, 6.45) is 1.30. The van der Waals surface area contributed by atoms with E-state index in [4.69, 9.17) is 0 Å². The van der Waals surface area contributed by atoms with Crippen LogP contribution < -0.4 is 15.7 Å². The molecular weight excluding hydrogens is 389 g/mol. The van der Waals surface area contributed by atoms with Crippen molar-refractivity contribution < 1.29 is 19.1 Å². The molecule has 0 unspecified atom stereocenters. The van der Waals surface area contributed by atoms with E-state index in [9.17, 15) is 19.1 Å². The Morgan fingerprint density at radius 1 is 1.10 bits per heavy atom. The second-order valence-electron chi connectivity index (χ2n) is 6.69. The summed E-state index contributed by atoms with van der Waals surface area (Å²) in [5.41, 5.74) is 2.50. The molecule has 0 aliphatic carbocycles. The third kappa shape index (κ3) is 4.19. The Morgan fingerprint density at radius 2 is 1.83 bits per heavy atom. The molecule has 2 N–H and O–H groups in total. The van der Waals surface area contributed by atoms with Gasteiger partial charge in [-0.05, 0) is 35.8 Å². The monoisotopic (exact) mass is 406 g/mol. The zero-order valence-electron chi connectivity index (χ0n) is 15.7. The van der Waals surface area contributed by atoms with E-state index in [0.717, 1.165) is 16.8 Å². The van der Waals surface area contributed by atoms with Gasteiger partial charge in [0.2, 0.25) is 11.9 Å². The fraction of sp³-hybridized carbons (Fsp3) is 0.143. The molecule has 0 bridgehead atoms. The van der Waals surface area contributed by atoms with Crippen molar-refractivity contribution in [3.05, 3.63) is 77.6 Å². The van der Waals surface area contributed by atoms with Gasteiger partial charge in [-0.15, -0.1) is 5.10 Å². The highest BCUT2D eigenvalue weighted by Crippen LogP contribution is 2.33. The number of rotatable bonds is 6. The lowest BCUT2D eigenvalue weighted by atomic mass is 10.0. The van der Waals surface area contributed by atoms with Crippen LogP contribution in [0.15, 0.2) is 60.7 Å². The number of nitrogens with zero attached hydrogens (tertiary/aromatic N) is 3. The summed E-state index contributed by atoms with van der Waals surface area (Å²) in [4.78, 5) is 26.8. The second kappa shape index (κ2) is 8.16. The fourth-order valence-corrected chi connectivity index (χ4v) is 3.13. The first-order valence-electron chi connectivity index (χ1n) is 9.25. The molecule has 0 saturated heterocycles. The largest absolute Gasteiger partial charge is 0.550 e. The zero-order chi connectivity index (χ0) is 21.1. The highest BCUT2D eigenvalue weighted by atomic mass is 19.1. The van der Waals surface area contributed by atoms with E-state index in [2.05, 4.69) is 20.7 Å². The van der Waals surface area contributed by atoms with Crippen LogP contribution in [0, 0.1) is 5.82 Å². The van der Waals surface area contributed by atoms with Gasteiger partial charge in [0.25, 0.3) is 5.95 Å². The molecule has 152 valence electrons. The van der Waals surface area contributed by atoms with Crippen LogP contribution in [0.2, 0.25) is 0 Å². The number of fused-ring (bicyclic) bond motifs is 1. The molecule has 2 aromatic carbocycles. The summed E-state index contributed by atoms with van der Waals surface area (Å²) in [6, 6.07) is 15.3. The zero-order valence-corrected chi connectivity index (χ0v) is 15.7. The van der Waals surface area contributed by atoms with Gasteiger partial charge in [0, 0.05) is 18.1 Å². The molecule has 1 amide bonds. The van der Waals surface area contributed by atoms with E-state index in [0.29, 0.717) is 5.95 Å². The second-order valence-corrected chi connectivity index (χ2v) is 6.69. The highest BCUT2D eigenvalue weighted by molar-refractivity contribution is 5.91. The van der Waals surface area contributed by atoms with Gasteiger partial charge >= 0.3 is 0 Å². The van der Waals surface area contributed by atoms with Crippen molar-refractivity contribution in [2.75, 3.05) is 10.6 Å². The van der Waals surface area contributed by atoms with Gasteiger partial charge in [-0.25, -0.2) is 9.07 Å². The van der Waals surface area contributed by atoms with E-state index < -0.39 is 24.3 Å². The maximum absolute atomic E-state index is 13.4. The molecule has 3 aromatic rings. The van der Waals surface area contributed by atoms with E-state index >= 15 is 0 Å². The van der Waals surface area contributed by atoms with E-state index in [1.165, 1.54) is 12.1 Å². The van der Waals surface area contributed by atoms with Gasteiger partial charge in [0.15, 0.2) is 0 Å². The van der Waals surface area contributed by atoms with Crippen LogP contribution in [0.5, 0.6) is 0 Å². The molecule has 8 nitrogen and oxygen atoms in total. The van der Waals surface area contributed by atoms with Gasteiger partial charge in [-0.1, -0.05) is 42.5 Å². The summed E-state index contributed by atoms with van der Waals surface area (Å²) in [6.45, 7) is 0. The van der Waals surface area contributed by atoms with E-state index in [-0.39, 0.29) is 18.2 Å². The van der Waals surface area contributed by atoms with Crippen LogP contribution in [-0.4, -0.2) is 26.6 Å². The number of anilines is 2. The lowest BCUT2D eigenvalue weighted by molar-refractivity contribution is -0.305. The van der Waals surface area contributed by atoms with E-state index in [1.54, 1.807) is 16.8 Å². The number of halogens is 1. The van der Waals surface area contributed by atoms with Crippen molar-refractivity contribution in [1.82, 2.24) is 14.8 Å².